The van der Waals surface area contributed by atoms with Crippen LogP contribution in [-0.2, 0) is 9.84 Å². The molecule has 0 atom stereocenters. The van der Waals surface area contributed by atoms with Gasteiger partial charge < -0.3 is 5.73 Å². The minimum atomic E-state index is -3.52. The number of nitrogens with two attached hydrogens (primary N) is 1. The Morgan fingerprint density at radius 2 is 1.71 bits per heavy atom. The fourth-order valence-electron chi connectivity index (χ4n) is 1.47. The molecule has 2 aromatic carbocycles. The summed E-state index contributed by atoms with van der Waals surface area (Å²) in [5, 5.41) is 0. The van der Waals surface area contributed by atoms with Crippen LogP contribution in [-0.4, -0.2) is 8.42 Å². The topological polar surface area (TPSA) is 60.2 Å². The number of benzene rings is 2. The van der Waals surface area contributed by atoms with Gasteiger partial charge in [-0.3, -0.25) is 0 Å². The maximum Gasteiger partial charge on any atom is 0.207 e. The highest BCUT2D eigenvalue weighted by Gasteiger charge is 2.19. The van der Waals surface area contributed by atoms with Crippen molar-refractivity contribution in [3.05, 3.63) is 53.0 Å². The zero-order valence-electron chi connectivity index (χ0n) is 8.80. The normalized spacial score (nSPS) is 11.4. The summed E-state index contributed by atoms with van der Waals surface area (Å²) in [5.41, 5.74) is 6.02. The van der Waals surface area contributed by atoms with Crippen LogP contribution < -0.4 is 5.73 Å². The average molecular weight is 312 g/mol. The third-order valence-corrected chi connectivity index (χ3v) is 5.06. The van der Waals surface area contributed by atoms with Crippen molar-refractivity contribution < 1.29 is 8.42 Å². The molecule has 0 spiro atoms. The molecule has 0 aliphatic heterocycles. The first kappa shape index (κ1) is 12.1. The molecule has 0 bridgehead atoms. The molecular weight excluding hydrogens is 302 g/mol. The van der Waals surface area contributed by atoms with E-state index in [1.165, 1.54) is 12.1 Å². The van der Waals surface area contributed by atoms with E-state index in [2.05, 4.69) is 15.9 Å². The van der Waals surface area contributed by atoms with Crippen molar-refractivity contribution in [2.24, 2.45) is 0 Å². The van der Waals surface area contributed by atoms with Crippen LogP contribution in [0.4, 0.5) is 5.69 Å². The van der Waals surface area contributed by atoms with Crippen LogP contribution >= 0.6 is 15.9 Å². The second-order valence-electron chi connectivity index (χ2n) is 3.51. The highest BCUT2D eigenvalue weighted by atomic mass is 79.9. The Balaban J connectivity index is 2.63. The number of anilines is 1. The molecule has 2 N–H and O–H groups in total. The molecule has 17 heavy (non-hydrogen) atoms. The molecule has 0 radical (unpaired) electrons. The van der Waals surface area contributed by atoms with Gasteiger partial charge in [-0.15, -0.1) is 0 Å². The summed E-state index contributed by atoms with van der Waals surface area (Å²) in [5.74, 6) is 0. The first-order valence-corrected chi connectivity index (χ1v) is 7.14. The molecule has 0 fully saturated rings. The molecule has 0 aromatic heterocycles. The quantitative estimate of drug-likeness (QED) is 0.868. The van der Waals surface area contributed by atoms with Gasteiger partial charge in [-0.1, -0.05) is 18.2 Å². The second-order valence-corrected chi connectivity index (χ2v) is 6.28. The monoisotopic (exact) mass is 311 g/mol. The molecule has 0 amide bonds. The lowest BCUT2D eigenvalue weighted by molar-refractivity contribution is 0.595. The summed E-state index contributed by atoms with van der Waals surface area (Å²) in [7, 11) is -3.52. The highest BCUT2D eigenvalue weighted by molar-refractivity contribution is 9.10. The van der Waals surface area contributed by atoms with E-state index in [0.717, 1.165) is 0 Å². The molecule has 5 heteroatoms. The summed E-state index contributed by atoms with van der Waals surface area (Å²) < 4.78 is 25.2. The number of hydrogen-bond donors (Lipinski definition) is 1. The van der Waals surface area contributed by atoms with Crippen LogP contribution in [0.2, 0.25) is 0 Å². The van der Waals surface area contributed by atoms with Crippen LogP contribution in [0.3, 0.4) is 0 Å². The summed E-state index contributed by atoms with van der Waals surface area (Å²) >= 11 is 3.24. The SMILES string of the molecule is Nc1cccc(S(=O)(=O)c2ccccc2Br)c1. The Labute approximate surface area is 108 Å². The van der Waals surface area contributed by atoms with Crippen molar-refractivity contribution in [3.8, 4) is 0 Å². The predicted octanol–water partition coefficient (Wildman–Crippen LogP) is 2.86. The smallest absolute Gasteiger partial charge is 0.207 e. The Morgan fingerprint density at radius 3 is 2.35 bits per heavy atom. The lowest BCUT2D eigenvalue weighted by atomic mass is 10.3. The van der Waals surface area contributed by atoms with Gasteiger partial charge in [0.15, 0.2) is 0 Å². The molecule has 0 unspecified atom stereocenters. The Hall–Kier alpha value is -1.33. The fourth-order valence-corrected chi connectivity index (χ4v) is 3.78. The number of halogens is 1. The van der Waals surface area contributed by atoms with Crippen LogP contribution in [0, 0.1) is 0 Å². The molecule has 0 saturated carbocycles. The standard InChI is InChI=1S/C12H10BrNO2S/c13-11-6-1-2-7-12(11)17(15,16)10-5-3-4-9(14)8-10/h1-8H,14H2. The van der Waals surface area contributed by atoms with Crippen molar-refractivity contribution in [1.82, 2.24) is 0 Å². The van der Waals surface area contributed by atoms with E-state index in [-0.39, 0.29) is 9.79 Å². The van der Waals surface area contributed by atoms with Crippen molar-refractivity contribution >= 4 is 31.5 Å². The molecule has 0 aliphatic carbocycles. The molecular formula is C12H10BrNO2S. The van der Waals surface area contributed by atoms with Crippen LogP contribution in [0.15, 0.2) is 62.8 Å². The molecule has 2 aromatic rings. The van der Waals surface area contributed by atoms with Crippen molar-refractivity contribution in [3.63, 3.8) is 0 Å². The Morgan fingerprint density at radius 1 is 1.00 bits per heavy atom. The van der Waals surface area contributed by atoms with E-state index in [0.29, 0.717) is 10.2 Å². The minimum absolute atomic E-state index is 0.199. The first-order chi connectivity index (χ1) is 8.01. The molecule has 3 nitrogen and oxygen atoms in total. The molecule has 0 saturated heterocycles. The first-order valence-electron chi connectivity index (χ1n) is 4.87. The molecule has 0 aliphatic rings. The number of rotatable bonds is 2. The van der Waals surface area contributed by atoms with Gasteiger partial charge in [-0.2, -0.15) is 0 Å². The molecule has 0 heterocycles. The third kappa shape index (κ3) is 2.35. The maximum atomic E-state index is 12.3. The van der Waals surface area contributed by atoms with E-state index in [9.17, 15) is 8.42 Å². The van der Waals surface area contributed by atoms with E-state index < -0.39 is 9.84 Å². The van der Waals surface area contributed by atoms with Crippen LogP contribution in [0.5, 0.6) is 0 Å². The molecule has 88 valence electrons. The number of hydrogen-bond acceptors (Lipinski definition) is 3. The maximum absolute atomic E-state index is 12.3. The minimum Gasteiger partial charge on any atom is -0.399 e. The Kier molecular flexibility index (Phi) is 3.22. The largest absolute Gasteiger partial charge is 0.399 e. The lowest BCUT2D eigenvalue weighted by Gasteiger charge is -2.07. The summed E-state index contributed by atoms with van der Waals surface area (Å²) in [6.45, 7) is 0. The van der Waals surface area contributed by atoms with E-state index in [1.807, 2.05) is 0 Å². The summed E-state index contributed by atoms with van der Waals surface area (Å²) in [4.78, 5) is 0.440. The van der Waals surface area contributed by atoms with Crippen LogP contribution in [0.1, 0.15) is 0 Å². The molecule has 2 rings (SSSR count). The van der Waals surface area contributed by atoms with E-state index in [1.54, 1.807) is 36.4 Å². The van der Waals surface area contributed by atoms with Gasteiger partial charge in [0.2, 0.25) is 9.84 Å². The van der Waals surface area contributed by atoms with Gasteiger partial charge in [0.25, 0.3) is 0 Å². The van der Waals surface area contributed by atoms with Crippen molar-refractivity contribution in [2.75, 3.05) is 5.73 Å². The fraction of sp³-hybridized carbons (Fsp3) is 0. The zero-order valence-corrected chi connectivity index (χ0v) is 11.2. The third-order valence-electron chi connectivity index (χ3n) is 2.29. The lowest BCUT2D eigenvalue weighted by Crippen LogP contribution is -2.03. The van der Waals surface area contributed by atoms with Gasteiger partial charge in [-0.25, -0.2) is 8.42 Å². The average Bonchev–Trinajstić information content (AvgIpc) is 2.29. The van der Waals surface area contributed by atoms with Crippen LogP contribution in [0.25, 0.3) is 0 Å². The van der Waals surface area contributed by atoms with Crippen molar-refractivity contribution in [1.29, 1.82) is 0 Å². The van der Waals surface area contributed by atoms with Gasteiger partial charge in [0.1, 0.15) is 0 Å². The van der Waals surface area contributed by atoms with Gasteiger partial charge in [0, 0.05) is 10.2 Å². The number of nitrogen functional groups attached to an aromatic ring is 1. The van der Waals surface area contributed by atoms with E-state index in [4.69, 9.17) is 5.73 Å². The van der Waals surface area contributed by atoms with Crippen molar-refractivity contribution in [2.45, 2.75) is 9.79 Å². The van der Waals surface area contributed by atoms with E-state index >= 15 is 0 Å². The van der Waals surface area contributed by atoms with Gasteiger partial charge in [0.05, 0.1) is 9.79 Å². The zero-order chi connectivity index (χ0) is 12.5. The number of sulfone groups is 1. The summed E-state index contributed by atoms with van der Waals surface area (Å²) in [6.07, 6.45) is 0. The van der Waals surface area contributed by atoms with Gasteiger partial charge in [-0.05, 0) is 46.3 Å². The Bertz CT molecular complexity index is 653. The summed E-state index contributed by atoms with van der Waals surface area (Å²) in [6, 6.07) is 13.0. The second kappa shape index (κ2) is 4.50. The van der Waals surface area contributed by atoms with Gasteiger partial charge >= 0.3 is 0 Å². The predicted molar refractivity (Wildman–Crippen MR) is 70.4 cm³/mol. The highest BCUT2D eigenvalue weighted by Crippen LogP contribution is 2.28.